The predicted molar refractivity (Wildman–Crippen MR) is 116 cm³/mol. The molecule has 1 N–H and O–H groups in total. The number of hydrogen-bond donors (Lipinski definition) is 1. The minimum absolute atomic E-state index is 0.364. The molecular weight excluding hydrogens is 376 g/mol. The summed E-state index contributed by atoms with van der Waals surface area (Å²) in [5.41, 5.74) is 5.38. The maximum Gasteiger partial charge on any atom is 0.307 e. The smallest absolute Gasteiger partial charge is 0.307 e. The van der Waals surface area contributed by atoms with Gasteiger partial charge in [0.25, 0.3) is 0 Å². The summed E-state index contributed by atoms with van der Waals surface area (Å²) in [7, 11) is 0. The normalized spacial score (nSPS) is 14.7. The number of carboxylic acid groups (broad SMARTS) is 1. The zero-order valence-electron chi connectivity index (χ0n) is 17.1. The molecule has 2 heterocycles. The lowest BCUT2D eigenvalue weighted by molar-refractivity contribution is -0.141. The predicted octanol–water partition coefficient (Wildman–Crippen LogP) is 4.41. The largest absolute Gasteiger partial charge is 0.489 e. The van der Waals surface area contributed by atoms with Crippen LogP contribution in [0.3, 0.4) is 0 Å². The fourth-order valence-electron chi connectivity index (χ4n) is 3.74. The van der Waals surface area contributed by atoms with Gasteiger partial charge in [0.15, 0.2) is 0 Å². The molecule has 0 fully saturated rings. The standard InChI is InChI=1S/C25H26N2O3/c1-18(25(28)29)15-27-13-12-24-21(16-27)10-11-23(26-24)20-8-5-9-22(14-20)30-17-19-6-3-2-4-7-19/h2-11,14,18H,12-13,15-17H2,1H3,(H,28,29). The van der Waals surface area contributed by atoms with Crippen LogP contribution in [-0.4, -0.2) is 34.0 Å². The number of carboxylic acids is 1. The molecule has 0 saturated carbocycles. The van der Waals surface area contributed by atoms with Crippen molar-refractivity contribution < 1.29 is 14.6 Å². The van der Waals surface area contributed by atoms with E-state index in [0.29, 0.717) is 13.2 Å². The Morgan fingerprint density at radius 3 is 2.77 bits per heavy atom. The van der Waals surface area contributed by atoms with Crippen molar-refractivity contribution >= 4 is 5.97 Å². The van der Waals surface area contributed by atoms with Gasteiger partial charge in [-0.3, -0.25) is 14.7 Å². The number of pyridine rings is 1. The van der Waals surface area contributed by atoms with Gasteiger partial charge in [-0.05, 0) is 29.3 Å². The van der Waals surface area contributed by atoms with Crippen LogP contribution in [0.4, 0.5) is 0 Å². The Morgan fingerprint density at radius 2 is 1.97 bits per heavy atom. The molecule has 1 aliphatic heterocycles. The zero-order chi connectivity index (χ0) is 20.9. The van der Waals surface area contributed by atoms with Gasteiger partial charge in [-0.25, -0.2) is 0 Å². The highest BCUT2D eigenvalue weighted by atomic mass is 16.5. The van der Waals surface area contributed by atoms with E-state index in [2.05, 4.69) is 23.1 Å². The molecule has 0 amide bonds. The van der Waals surface area contributed by atoms with Gasteiger partial charge in [-0.1, -0.05) is 55.5 Å². The maximum atomic E-state index is 11.1. The second kappa shape index (κ2) is 9.09. The number of ether oxygens (including phenoxy) is 1. The maximum absolute atomic E-state index is 11.1. The van der Waals surface area contributed by atoms with Crippen molar-refractivity contribution in [1.82, 2.24) is 9.88 Å². The number of benzene rings is 2. The van der Waals surface area contributed by atoms with Crippen LogP contribution in [0.2, 0.25) is 0 Å². The zero-order valence-corrected chi connectivity index (χ0v) is 17.1. The first kappa shape index (κ1) is 20.1. The molecule has 1 atom stereocenters. The van der Waals surface area contributed by atoms with Gasteiger partial charge < -0.3 is 9.84 Å². The van der Waals surface area contributed by atoms with Crippen LogP contribution in [-0.2, 0) is 24.4 Å². The monoisotopic (exact) mass is 402 g/mol. The number of aromatic nitrogens is 1. The molecule has 0 bridgehead atoms. The summed E-state index contributed by atoms with van der Waals surface area (Å²) in [5, 5.41) is 9.15. The number of rotatable bonds is 7. The summed E-state index contributed by atoms with van der Waals surface area (Å²) in [4.78, 5) is 18.2. The Morgan fingerprint density at radius 1 is 1.13 bits per heavy atom. The van der Waals surface area contributed by atoms with Crippen molar-refractivity contribution in [3.05, 3.63) is 83.6 Å². The van der Waals surface area contributed by atoms with E-state index in [1.54, 1.807) is 6.92 Å². The molecule has 1 unspecified atom stereocenters. The second-order valence-electron chi connectivity index (χ2n) is 7.83. The van der Waals surface area contributed by atoms with Crippen LogP contribution in [0.15, 0.2) is 66.7 Å². The first-order valence-electron chi connectivity index (χ1n) is 10.3. The van der Waals surface area contributed by atoms with Crippen molar-refractivity contribution in [2.45, 2.75) is 26.5 Å². The molecule has 0 aliphatic carbocycles. The van der Waals surface area contributed by atoms with E-state index in [1.807, 2.05) is 48.5 Å². The van der Waals surface area contributed by atoms with E-state index in [0.717, 1.165) is 47.8 Å². The molecule has 1 aliphatic rings. The van der Waals surface area contributed by atoms with Crippen molar-refractivity contribution in [3.8, 4) is 17.0 Å². The molecule has 5 nitrogen and oxygen atoms in total. The minimum atomic E-state index is -0.747. The van der Waals surface area contributed by atoms with Gasteiger partial charge in [0, 0.05) is 37.3 Å². The van der Waals surface area contributed by atoms with Crippen molar-refractivity contribution in [2.75, 3.05) is 13.1 Å². The molecule has 5 heteroatoms. The first-order valence-corrected chi connectivity index (χ1v) is 10.3. The van der Waals surface area contributed by atoms with E-state index in [1.165, 1.54) is 5.56 Å². The first-order chi connectivity index (χ1) is 14.6. The molecule has 0 radical (unpaired) electrons. The van der Waals surface area contributed by atoms with Crippen LogP contribution in [0, 0.1) is 5.92 Å². The number of nitrogens with zero attached hydrogens (tertiary/aromatic N) is 2. The third-order valence-corrected chi connectivity index (χ3v) is 5.46. The van der Waals surface area contributed by atoms with Gasteiger partial charge in [0.1, 0.15) is 12.4 Å². The Balaban J connectivity index is 1.45. The summed E-state index contributed by atoms with van der Waals surface area (Å²) >= 11 is 0. The van der Waals surface area contributed by atoms with Gasteiger partial charge in [0.2, 0.25) is 0 Å². The molecule has 2 aromatic carbocycles. The van der Waals surface area contributed by atoms with E-state index < -0.39 is 5.97 Å². The van der Waals surface area contributed by atoms with Crippen molar-refractivity contribution in [1.29, 1.82) is 0 Å². The van der Waals surface area contributed by atoms with Gasteiger partial charge >= 0.3 is 5.97 Å². The SMILES string of the molecule is CC(CN1CCc2nc(-c3cccc(OCc4ccccc4)c3)ccc2C1)C(=O)O. The van der Waals surface area contributed by atoms with Crippen LogP contribution >= 0.6 is 0 Å². The number of hydrogen-bond acceptors (Lipinski definition) is 4. The fraction of sp³-hybridized carbons (Fsp3) is 0.280. The summed E-state index contributed by atoms with van der Waals surface area (Å²) in [6.45, 7) is 4.44. The Hall–Kier alpha value is -3.18. The summed E-state index contributed by atoms with van der Waals surface area (Å²) < 4.78 is 5.95. The molecule has 30 heavy (non-hydrogen) atoms. The van der Waals surface area contributed by atoms with Crippen LogP contribution in [0.25, 0.3) is 11.3 Å². The number of fused-ring (bicyclic) bond motifs is 1. The number of aliphatic carboxylic acids is 1. The highest BCUT2D eigenvalue weighted by molar-refractivity contribution is 5.69. The third kappa shape index (κ3) is 4.86. The Bertz CT molecular complexity index is 1020. The molecule has 4 rings (SSSR count). The average molecular weight is 402 g/mol. The van der Waals surface area contributed by atoms with E-state index in [9.17, 15) is 4.79 Å². The lowest BCUT2D eigenvalue weighted by Crippen LogP contribution is -2.36. The highest BCUT2D eigenvalue weighted by Gasteiger charge is 2.22. The van der Waals surface area contributed by atoms with E-state index in [4.69, 9.17) is 14.8 Å². The second-order valence-corrected chi connectivity index (χ2v) is 7.83. The number of carbonyl (C=O) groups is 1. The van der Waals surface area contributed by atoms with Crippen LogP contribution in [0.1, 0.15) is 23.7 Å². The minimum Gasteiger partial charge on any atom is -0.489 e. The van der Waals surface area contributed by atoms with Crippen molar-refractivity contribution in [2.24, 2.45) is 5.92 Å². The van der Waals surface area contributed by atoms with E-state index >= 15 is 0 Å². The average Bonchev–Trinajstić information content (AvgIpc) is 2.78. The molecular formula is C25H26N2O3. The van der Waals surface area contributed by atoms with Crippen molar-refractivity contribution in [3.63, 3.8) is 0 Å². The lowest BCUT2D eigenvalue weighted by atomic mass is 10.0. The summed E-state index contributed by atoms with van der Waals surface area (Å²) in [5.74, 6) is -0.286. The molecule has 1 aromatic heterocycles. The molecule has 0 spiro atoms. The highest BCUT2D eigenvalue weighted by Crippen LogP contribution is 2.26. The Labute approximate surface area is 177 Å². The van der Waals surface area contributed by atoms with Gasteiger partial charge in [-0.15, -0.1) is 0 Å². The van der Waals surface area contributed by atoms with Crippen LogP contribution in [0.5, 0.6) is 5.75 Å². The molecule has 154 valence electrons. The third-order valence-electron chi connectivity index (χ3n) is 5.46. The van der Waals surface area contributed by atoms with E-state index in [-0.39, 0.29) is 5.92 Å². The van der Waals surface area contributed by atoms with Gasteiger partial charge in [0.05, 0.1) is 11.6 Å². The molecule has 3 aromatic rings. The van der Waals surface area contributed by atoms with Gasteiger partial charge in [-0.2, -0.15) is 0 Å². The topological polar surface area (TPSA) is 62.7 Å². The van der Waals surface area contributed by atoms with Crippen LogP contribution < -0.4 is 4.74 Å². The summed E-state index contributed by atoms with van der Waals surface area (Å²) in [6.07, 6.45) is 0.833. The Kier molecular flexibility index (Phi) is 6.10. The molecule has 0 saturated heterocycles. The summed E-state index contributed by atoms with van der Waals surface area (Å²) in [6, 6.07) is 22.3. The quantitative estimate of drug-likeness (QED) is 0.634. The lowest BCUT2D eigenvalue weighted by Gasteiger charge is -2.29. The fourth-order valence-corrected chi connectivity index (χ4v) is 3.74.